The van der Waals surface area contributed by atoms with E-state index in [0.29, 0.717) is 21.9 Å². The largest absolute Gasteiger partial charge is 0.353 e. The highest BCUT2D eigenvalue weighted by Crippen LogP contribution is 2.41. The van der Waals surface area contributed by atoms with Crippen molar-refractivity contribution < 1.29 is 14.5 Å². The molecule has 0 fully saturated rings. The molecule has 1 N–H and O–H groups in total. The zero-order valence-electron chi connectivity index (χ0n) is 18.5. The van der Waals surface area contributed by atoms with Crippen molar-refractivity contribution >= 4 is 29.0 Å². The Kier molecular flexibility index (Phi) is 7.46. The van der Waals surface area contributed by atoms with Crippen molar-refractivity contribution in [3.05, 3.63) is 97.2 Å². The van der Waals surface area contributed by atoms with Crippen molar-refractivity contribution in [3.63, 3.8) is 0 Å². The van der Waals surface area contributed by atoms with Crippen LogP contribution in [0.2, 0.25) is 0 Å². The molecule has 0 saturated heterocycles. The minimum absolute atomic E-state index is 0.0150. The van der Waals surface area contributed by atoms with Crippen LogP contribution in [0.4, 0.5) is 5.69 Å². The molecule has 33 heavy (non-hydrogen) atoms. The SMILES string of the molecule is CCc1ccc(C2C(C#N)=C(SCC(=O)c3cccc([N+](=O)[O-])c3)NC(C)=C2C(C)=O)cc1. The number of nitriles is 1. The molecule has 2 aromatic carbocycles. The van der Waals surface area contributed by atoms with E-state index < -0.39 is 10.8 Å². The van der Waals surface area contributed by atoms with Gasteiger partial charge in [0.15, 0.2) is 11.6 Å². The monoisotopic (exact) mass is 461 g/mol. The van der Waals surface area contributed by atoms with Crippen LogP contribution in [0.3, 0.4) is 0 Å². The van der Waals surface area contributed by atoms with Crippen LogP contribution in [-0.4, -0.2) is 22.2 Å². The summed E-state index contributed by atoms with van der Waals surface area (Å²) in [6.07, 6.45) is 0.878. The molecule has 0 amide bonds. The van der Waals surface area contributed by atoms with E-state index in [0.717, 1.165) is 29.3 Å². The van der Waals surface area contributed by atoms with Crippen molar-refractivity contribution in [3.8, 4) is 6.07 Å². The molecule has 0 spiro atoms. The van der Waals surface area contributed by atoms with Crippen LogP contribution in [0.5, 0.6) is 0 Å². The lowest BCUT2D eigenvalue weighted by molar-refractivity contribution is -0.384. The van der Waals surface area contributed by atoms with E-state index in [1.54, 1.807) is 6.92 Å². The van der Waals surface area contributed by atoms with Crippen molar-refractivity contribution in [2.45, 2.75) is 33.1 Å². The van der Waals surface area contributed by atoms with Crippen LogP contribution in [0.1, 0.15) is 48.2 Å². The maximum atomic E-state index is 12.7. The maximum absolute atomic E-state index is 12.7. The highest BCUT2D eigenvalue weighted by molar-refractivity contribution is 8.03. The number of Topliss-reactive ketones (excluding diaryl/α,β-unsaturated/α-hetero) is 2. The first-order chi connectivity index (χ1) is 15.8. The van der Waals surface area contributed by atoms with Gasteiger partial charge in [0.1, 0.15) is 0 Å². The standard InChI is InChI=1S/C25H23N3O4S/c1-4-17-8-10-18(11-9-17)24-21(13-26)25(27-15(2)23(24)16(3)29)33-14-22(30)19-6-5-7-20(12-19)28(31)32/h5-12,24,27H,4,14H2,1-3H3. The molecule has 0 aromatic heterocycles. The Hall–Kier alpha value is -3.70. The Labute approximate surface area is 196 Å². The molecule has 0 radical (unpaired) electrons. The number of dihydropyridines is 1. The molecule has 1 atom stereocenters. The highest BCUT2D eigenvalue weighted by atomic mass is 32.2. The number of nitro benzene ring substituents is 1. The average Bonchev–Trinajstić information content (AvgIpc) is 2.81. The van der Waals surface area contributed by atoms with Gasteiger partial charge in [-0.1, -0.05) is 55.1 Å². The van der Waals surface area contributed by atoms with Crippen molar-refractivity contribution in [1.82, 2.24) is 5.32 Å². The summed E-state index contributed by atoms with van der Waals surface area (Å²) in [5.41, 5.74) is 3.58. The third kappa shape index (κ3) is 5.21. The van der Waals surface area contributed by atoms with E-state index in [4.69, 9.17) is 0 Å². The second-order valence-electron chi connectivity index (χ2n) is 7.62. The van der Waals surface area contributed by atoms with Crippen LogP contribution in [0, 0.1) is 21.4 Å². The first-order valence-corrected chi connectivity index (χ1v) is 11.4. The van der Waals surface area contributed by atoms with Gasteiger partial charge in [0, 0.05) is 29.0 Å². The van der Waals surface area contributed by atoms with Gasteiger partial charge in [-0.25, -0.2) is 0 Å². The van der Waals surface area contributed by atoms with Gasteiger partial charge in [-0.3, -0.25) is 19.7 Å². The highest BCUT2D eigenvalue weighted by Gasteiger charge is 2.33. The molecular weight excluding hydrogens is 438 g/mol. The predicted molar refractivity (Wildman–Crippen MR) is 128 cm³/mol. The number of allylic oxidation sites excluding steroid dienone is 3. The van der Waals surface area contributed by atoms with Crippen LogP contribution in [-0.2, 0) is 11.2 Å². The summed E-state index contributed by atoms with van der Waals surface area (Å²) >= 11 is 1.15. The Balaban J connectivity index is 1.94. The molecular formula is C25H23N3O4S. The molecule has 1 heterocycles. The third-order valence-electron chi connectivity index (χ3n) is 5.47. The number of rotatable bonds is 8. The number of benzene rings is 2. The van der Waals surface area contributed by atoms with Crippen LogP contribution >= 0.6 is 11.8 Å². The fourth-order valence-corrected chi connectivity index (χ4v) is 4.77. The maximum Gasteiger partial charge on any atom is 0.270 e. The number of hydrogen-bond acceptors (Lipinski definition) is 7. The number of nitrogens with zero attached hydrogens (tertiary/aromatic N) is 2. The first-order valence-electron chi connectivity index (χ1n) is 10.4. The van der Waals surface area contributed by atoms with E-state index in [1.165, 1.54) is 31.2 Å². The lowest BCUT2D eigenvalue weighted by atomic mass is 9.81. The van der Waals surface area contributed by atoms with Crippen molar-refractivity contribution in [2.24, 2.45) is 0 Å². The van der Waals surface area contributed by atoms with Crippen LogP contribution in [0.15, 0.2) is 70.4 Å². The fourth-order valence-electron chi connectivity index (χ4n) is 3.79. The molecule has 3 rings (SSSR count). The Morgan fingerprint density at radius 2 is 1.91 bits per heavy atom. The number of non-ortho nitro benzene ring substituents is 1. The van der Waals surface area contributed by atoms with Gasteiger partial charge < -0.3 is 5.32 Å². The molecule has 0 aliphatic carbocycles. The van der Waals surface area contributed by atoms with Gasteiger partial charge in [0.2, 0.25) is 0 Å². The van der Waals surface area contributed by atoms with Gasteiger partial charge in [-0.15, -0.1) is 0 Å². The molecule has 1 aliphatic rings. The fraction of sp³-hybridized carbons (Fsp3) is 0.240. The summed E-state index contributed by atoms with van der Waals surface area (Å²) < 4.78 is 0. The van der Waals surface area contributed by atoms with E-state index in [2.05, 4.69) is 18.3 Å². The molecule has 1 unspecified atom stereocenters. The minimum atomic E-state index is -0.547. The minimum Gasteiger partial charge on any atom is -0.353 e. The number of carbonyl (C=O) groups is 2. The van der Waals surface area contributed by atoms with Crippen molar-refractivity contribution in [1.29, 1.82) is 5.26 Å². The zero-order chi connectivity index (χ0) is 24.1. The normalized spacial score (nSPS) is 15.6. The van der Waals surface area contributed by atoms with Gasteiger partial charge in [0.25, 0.3) is 5.69 Å². The predicted octanol–water partition coefficient (Wildman–Crippen LogP) is 5.06. The number of thioether (sulfide) groups is 1. The van der Waals surface area contributed by atoms with E-state index >= 15 is 0 Å². The summed E-state index contributed by atoms with van der Waals surface area (Å²) in [5, 5.41) is 24.6. The first kappa shape index (κ1) is 24.0. The lowest BCUT2D eigenvalue weighted by Crippen LogP contribution is -2.27. The number of hydrogen-bond donors (Lipinski definition) is 1. The Morgan fingerprint density at radius 3 is 2.48 bits per heavy atom. The Bertz CT molecular complexity index is 1220. The second-order valence-corrected chi connectivity index (χ2v) is 8.61. The number of nitrogens with one attached hydrogen (secondary N) is 1. The van der Waals surface area contributed by atoms with E-state index in [9.17, 15) is 25.0 Å². The van der Waals surface area contributed by atoms with Gasteiger partial charge in [-0.05, 0) is 31.4 Å². The zero-order valence-corrected chi connectivity index (χ0v) is 19.4. The molecule has 0 saturated carbocycles. The lowest BCUT2D eigenvalue weighted by Gasteiger charge is -2.29. The molecule has 2 aromatic rings. The van der Waals surface area contributed by atoms with E-state index in [1.807, 2.05) is 24.3 Å². The van der Waals surface area contributed by atoms with Gasteiger partial charge in [0.05, 0.1) is 33.3 Å². The van der Waals surface area contributed by atoms with Crippen molar-refractivity contribution in [2.75, 3.05) is 5.75 Å². The molecule has 7 nitrogen and oxygen atoms in total. The van der Waals surface area contributed by atoms with Crippen LogP contribution < -0.4 is 5.32 Å². The molecule has 168 valence electrons. The summed E-state index contributed by atoms with van der Waals surface area (Å²) in [5.74, 6) is -0.971. The molecule has 8 heteroatoms. The van der Waals surface area contributed by atoms with Gasteiger partial charge in [-0.2, -0.15) is 5.26 Å². The number of aryl methyl sites for hydroxylation is 1. The number of carbonyl (C=O) groups excluding carboxylic acids is 2. The van der Waals surface area contributed by atoms with Gasteiger partial charge >= 0.3 is 0 Å². The summed E-state index contributed by atoms with van der Waals surface area (Å²) in [6.45, 7) is 5.31. The Morgan fingerprint density at radius 1 is 1.21 bits per heavy atom. The van der Waals surface area contributed by atoms with E-state index in [-0.39, 0.29) is 28.6 Å². The third-order valence-corrected chi connectivity index (χ3v) is 6.49. The smallest absolute Gasteiger partial charge is 0.270 e. The molecule has 0 bridgehead atoms. The molecule has 1 aliphatic heterocycles. The quantitative estimate of drug-likeness (QED) is 0.332. The summed E-state index contributed by atoms with van der Waals surface area (Å²) in [6, 6.07) is 15.6. The number of ketones is 2. The summed E-state index contributed by atoms with van der Waals surface area (Å²) in [4.78, 5) is 35.6. The second kappa shape index (κ2) is 10.3. The number of nitro groups is 1. The topological polar surface area (TPSA) is 113 Å². The summed E-state index contributed by atoms with van der Waals surface area (Å²) in [7, 11) is 0. The van der Waals surface area contributed by atoms with Crippen LogP contribution in [0.25, 0.3) is 0 Å². The average molecular weight is 462 g/mol.